The van der Waals surface area contributed by atoms with E-state index in [1.54, 1.807) is 4.90 Å². The number of urea groups is 1. The molecule has 5 fully saturated rings. The number of rotatable bonds is 6. The number of carbonyl (C=O) groups is 4. The number of hydrogen-bond donors (Lipinski definition) is 1. The van der Waals surface area contributed by atoms with Crippen LogP contribution in [0.25, 0.3) is 0 Å². The van der Waals surface area contributed by atoms with Crippen molar-refractivity contribution in [1.29, 1.82) is 0 Å². The van der Waals surface area contributed by atoms with Gasteiger partial charge in [-0.2, -0.15) is 0 Å². The highest BCUT2D eigenvalue weighted by molar-refractivity contribution is 6.05. The second-order valence-electron chi connectivity index (χ2n) is 14.9. The predicted octanol–water partition coefficient (Wildman–Crippen LogP) is 2.99. The Labute approximate surface area is 279 Å². The summed E-state index contributed by atoms with van der Waals surface area (Å²) in [6, 6.07) is 6.22. The first-order valence-electron chi connectivity index (χ1n) is 18.4. The molecule has 2 atom stereocenters. The molecular formula is C36H53N7O4. The molecule has 0 saturated carbocycles. The molecule has 0 radical (unpaired) electrons. The third-order valence-corrected chi connectivity index (χ3v) is 12.0. The number of piperazine rings is 1. The van der Waals surface area contributed by atoms with Gasteiger partial charge in [-0.25, -0.2) is 4.79 Å². The minimum atomic E-state index is -0.586. The highest BCUT2D eigenvalue weighted by Crippen LogP contribution is 2.32. The lowest BCUT2D eigenvalue weighted by Gasteiger charge is -2.44. The number of imide groups is 1. The van der Waals surface area contributed by atoms with Gasteiger partial charge in [-0.3, -0.25) is 24.6 Å². The number of amides is 5. The van der Waals surface area contributed by atoms with E-state index in [0.29, 0.717) is 24.6 Å². The van der Waals surface area contributed by atoms with Crippen LogP contribution in [0.4, 0.5) is 10.5 Å². The molecule has 7 rings (SSSR count). The number of nitrogens with zero attached hydrogens (tertiary/aromatic N) is 6. The molecule has 0 spiro atoms. The van der Waals surface area contributed by atoms with E-state index >= 15 is 0 Å². The van der Waals surface area contributed by atoms with Crippen LogP contribution in [0.3, 0.4) is 0 Å². The third-order valence-electron chi connectivity index (χ3n) is 12.0. The van der Waals surface area contributed by atoms with Crippen LogP contribution in [0.2, 0.25) is 0 Å². The van der Waals surface area contributed by atoms with E-state index in [1.165, 1.54) is 38.9 Å². The second kappa shape index (κ2) is 14.1. The fourth-order valence-corrected chi connectivity index (χ4v) is 9.05. The van der Waals surface area contributed by atoms with Crippen LogP contribution in [0.15, 0.2) is 18.2 Å². The second-order valence-corrected chi connectivity index (χ2v) is 14.9. The number of piperidine rings is 4. The number of anilines is 1. The molecule has 0 aromatic heterocycles. The first-order chi connectivity index (χ1) is 22.9. The van der Waals surface area contributed by atoms with Crippen LogP contribution >= 0.6 is 0 Å². The molecule has 2 unspecified atom stereocenters. The van der Waals surface area contributed by atoms with Crippen LogP contribution in [0.1, 0.15) is 80.6 Å². The van der Waals surface area contributed by atoms with Crippen LogP contribution in [-0.4, -0.2) is 132 Å². The number of fused-ring (bicyclic) bond motifs is 1. The van der Waals surface area contributed by atoms with Crippen LogP contribution in [0, 0.1) is 11.8 Å². The van der Waals surface area contributed by atoms with Gasteiger partial charge in [0.1, 0.15) is 6.04 Å². The Kier molecular flexibility index (Phi) is 9.73. The maximum atomic E-state index is 13.4. The van der Waals surface area contributed by atoms with E-state index in [2.05, 4.69) is 42.8 Å². The van der Waals surface area contributed by atoms with Crippen LogP contribution in [-0.2, 0) is 16.1 Å². The average molecular weight is 648 g/mol. The molecule has 6 aliphatic rings. The smallest absolute Gasteiger partial charge is 0.319 e. The molecule has 47 heavy (non-hydrogen) atoms. The maximum Gasteiger partial charge on any atom is 0.319 e. The van der Waals surface area contributed by atoms with Crippen molar-refractivity contribution in [2.75, 3.05) is 76.9 Å². The summed E-state index contributed by atoms with van der Waals surface area (Å²) in [4.78, 5) is 64.0. The molecule has 5 saturated heterocycles. The molecule has 0 bridgehead atoms. The molecule has 1 N–H and O–H groups in total. The van der Waals surface area contributed by atoms with Gasteiger partial charge in [-0.15, -0.1) is 0 Å². The van der Waals surface area contributed by atoms with Crippen molar-refractivity contribution < 1.29 is 19.2 Å². The summed E-state index contributed by atoms with van der Waals surface area (Å²) in [6.45, 7) is 13.8. The maximum absolute atomic E-state index is 13.4. The number of carbonyl (C=O) groups excluding carboxylic acids is 4. The van der Waals surface area contributed by atoms with Gasteiger partial charge in [0.2, 0.25) is 11.8 Å². The van der Waals surface area contributed by atoms with Crippen molar-refractivity contribution in [2.24, 2.45) is 11.8 Å². The van der Waals surface area contributed by atoms with Crippen LogP contribution < -0.4 is 10.2 Å². The predicted molar refractivity (Wildman–Crippen MR) is 180 cm³/mol. The average Bonchev–Trinajstić information content (AvgIpc) is 3.43. The van der Waals surface area contributed by atoms with Crippen molar-refractivity contribution in [3.8, 4) is 0 Å². The molecule has 11 heteroatoms. The Morgan fingerprint density at radius 3 is 2.26 bits per heavy atom. The molecule has 0 aliphatic carbocycles. The van der Waals surface area contributed by atoms with Gasteiger partial charge in [-0.05, 0) is 87.1 Å². The molecule has 1 aromatic rings. The molecule has 1 aromatic carbocycles. The normalized spacial score (nSPS) is 27.4. The molecule has 6 aliphatic heterocycles. The lowest BCUT2D eigenvalue weighted by Crippen LogP contribution is -2.55. The van der Waals surface area contributed by atoms with Gasteiger partial charge < -0.3 is 24.5 Å². The largest absolute Gasteiger partial charge is 0.369 e. The summed E-state index contributed by atoms with van der Waals surface area (Å²) < 4.78 is 0. The topological polar surface area (TPSA) is 99.8 Å². The summed E-state index contributed by atoms with van der Waals surface area (Å²) in [6.07, 6.45) is 9.01. The van der Waals surface area contributed by atoms with Crippen LogP contribution in [0.5, 0.6) is 0 Å². The van der Waals surface area contributed by atoms with E-state index in [1.807, 2.05) is 12.1 Å². The zero-order valence-corrected chi connectivity index (χ0v) is 28.2. The summed E-state index contributed by atoms with van der Waals surface area (Å²) in [5.41, 5.74) is 2.73. The standard InChI is InChI=1S/C36H53N7O4/c1-2-26-4-3-13-38(23-26)24-27-9-14-41(15-10-27)36(47)42-16-11-29(12-17-42)39-18-20-40(21-19-39)30-5-6-31-28(22-30)25-43(35(31)46)32-7-8-33(44)37-34(32)45/h5-6,22,26-27,29,32H,2-4,7-21,23-25H2,1H3,(H,37,44,45). The zero-order valence-electron chi connectivity index (χ0n) is 28.2. The molecule has 256 valence electrons. The van der Waals surface area contributed by atoms with Gasteiger partial charge in [-0.1, -0.05) is 13.3 Å². The Hall–Kier alpha value is -3.18. The number of likely N-dealkylation sites (tertiary alicyclic amines) is 3. The third kappa shape index (κ3) is 7.02. The van der Waals surface area contributed by atoms with E-state index in [0.717, 1.165) is 101 Å². The quantitative estimate of drug-likeness (QED) is 0.474. The van der Waals surface area contributed by atoms with Crippen molar-refractivity contribution >= 4 is 29.4 Å². The molecule has 6 heterocycles. The van der Waals surface area contributed by atoms with Gasteiger partial charge >= 0.3 is 6.03 Å². The van der Waals surface area contributed by atoms with Crippen molar-refractivity contribution in [3.63, 3.8) is 0 Å². The van der Waals surface area contributed by atoms with E-state index in [9.17, 15) is 19.2 Å². The van der Waals surface area contributed by atoms with Crippen molar-refractivity contribution in [3.05, 3.63) is 29.3 Å². The minimum Gasteiger partial charge on any atom is -0.369 e. The summed E-state index contributed by atoms with van der Waals surface area (Å²) in [5, 5.41) is 2.38. The Morgan fingerprint density at radius 1 is 0.830 bits per heavy atom. The molecular weight excluding hydrogens is 594 g/mol. The highest BCUT2D eigenvalue weighted by Gasteiger charge is 2.39. The first kappa shape index (κ1) is 32.4. The molecule has 11 nitrogen and oxygen atoms in total. The summed E-state index contributed by atoms with van der Waals surface area (Å²) in [7, 11) is 0. The molecule has 5 amide bonds. The highest BCUT2D eigenvalue weighted by atomic mass is 16.2. The van der Waals surface area contributed by atoms with Gasteiger partial charge in [0.15, 0.2) is 0 Å². The van der Waals surface area contributed by atoms with E-state index in [-0.39, 0.29) is 30.2 Å². The summed E-state index contributed by atoms with van der Waals surface area (Å²) >= 11 is 0. The van der Waals surface area contributed by atoms with Crippen molar-refractivity contribution in [2.45, 2.75) is 83.3 Å². The van der Waals surface area contributed by atoms with E-state index < -0.39 is 6.04 Å². The van der Waals surface area contributed by atoms with Gasteiger partial charge in [0.05, 0.1) is 0 Å². The van der Waals surface area contributed by atoms with Crippen molar-refractivity contribution in [1.82, 2.24) is 29.8 Å². The van der Waals surface area contributed by atoms with E-state index in [4.69, 9.17) is 0 Å². The minimum absolute atomic E-state index is 0.127. The number of nitrogens with one attached hydrogen (secondary N) is 1. The van der Waals surface area contributed by atoms with Gasteiger partial charge in [0.25, 0.3) is 5.91 Å². The number of benzene rings is 1. The fraction of sp³-hybridized carbons (Fsp3) is 0.722. The fourth-order valence-electron chi connectivity index (χ4n) is 9.05. The van der Waals surface area contributed by atoms with Gasteiger partial charge in [0, 0.05) is 95.7 Å². The SMILES string of the molecule is CCC1CCCN(CC2CCN(C(=O)N3CCC(N4CCN(c5ccc6c(c5)CN(C5CCC(=O)NC5=O)C6=O)CC4)CC3)CC2)C1. The monoisotopic (exact) mass is 647 g/mol. The lowest BCUT2D eigenvalue weighted by molar-refractivity contribution is -0.136. The first-order valence-corrected chi connectivity index (χ1v) is 18.4. The Balaban J connectivity index is 0.839. The Morgan fingerprint density at radius 2 is 1.55 bits per heavy atom. The number of hydrogen-bond acceptors (Lipinski definition) is 7. The summed E-state index contributed by atoms with van der Waals surface area (Å²) in [5.74, 6) is 0.831. The zero-order chi connectivity index (χ0) is 32.5. The Bertz CT molecular complexity index is 1330. The lowest BCUT2D eigenvalue weighted by atomic mass is 9.92.